The molecule has 0 spiro atoms. The van der Waals surface area contributed by atoms with Gasteiger partial charge in [-0.15, -0.1) is 0 Å². The predicted octanol–water partition coefficient (Wildman–Crippen LogP) is 4.03. The highest BCUT2D eigenvalue weighted by Crippen LogP contribution is 2.45. The number of hydrogen-bond donors (Lipinski definition) is 0. The lowest BCUT2D eigenvalue weighted by Crippen LogP contribution is -2.50. The average molecular weight is 445 g/mol. The third-order valence-electron chi connectivity index (χ3n) is 6.26. The maximum absolute atomic E-state index is 12.3. The highest BCUT2D eigenvalue weighted by molar-refractivity contribution is 6.74. The quantitative estimate of drug-likeness (QED) is 0.242. The van der Waals surface area contributed by atoms with Gasteiger partial charge in [0, 0.05) is 25.7 Å². The average Bonchev–Trinajstić information content (AvgIpc) is 2.93. The molecule has 0 bridgehead atoms. The van der Waals surface area contributed by atoms with Gasteiger partial charge < -0.3 is 28.1 Å². The van der Waals surface area contributed by atoms with Gasteiger partial charge in [-0.25, -0.2) is 4.79 Å². The van der Waals surface area contributed by atoms with E-state index in [0.29, 0.717) is 19.6 Å². The summed E-state index contributed by atoms with van der Waals surface area (Å²) in [5, 5.41) is 0.0858. The lowest BCUT2D eigenvalue weighted by Gasteiger charge is -2.42. The van der Waals surface area contributed by atoms with Gasteiger partial charge >= 0.3 is 5.97 Å². The summed E-state index contributed by atoms with van der Waals surface area (Å²) in [5.74, 6) is -1.21. The smallest absolute Gasteiger partial charge is 0.330 e. The van der Waals surface area contributed by atoms with Crippen LogP contribution in [0.4, 0.5) is 0 Å². The summed E-state index contributed by atoms with van der Waals surface area (Å²) < 4.78 is 35.2. The fourth-order valence-corrected chi connectivity index (χ4v) is 4.68. The van der Waals surface area contributed by atoms with Crippen LogP contribution in [0.15, 0.2) is 11.6 Å². The van der Waals surface area contributed by atoms with E-state index in [0.717, 1.165) is 5.57 Å². The minimum absolute atomic E-state index is 0.0858. The Bertz CT molecular complexity index is 623. The van der Waals surface area contributed by atoms with Crippen LogP contribution >= 0.6 is 0 Å². The van der Waals surface area contributed by atoms with Gasteiger partial charge in [-0.3, -0.25) is 0 Å². The molecule has 1 saturated carbocycles. The van der Waals surface area contributed by atoms with Crippen molar-refractivity contribution in [2.24, 2.45) is 5.92 Å². The molecule has 1 saturated heterocycles. The number of hydrogen-bond acceptors (Lipinski definition) is 7. The molecule has 0 unspecified atom stereocenters. The molecule has 4 atom stereocenters. The van der Waals surface area contributed by atoms with Crippen molar-refractivity contribution in [3.8, 4) is 0 Å². The van der Waals surface area contributed by atoms with Crippen molar-refractivity contribution < 1.29 is 32.9 Å². The van der Waals surface area contributed by atoms with E-state index in [2.05, 4.69) is 33.9 Å². The number of esters is 1. The van der Waals surface area contributed by atoms with Crippen molar-refractivity contribution in [1.29, 1.82) is 0 Å². The molecular formula is C22H40O7Si. The molecule has 1 heterocycles. The summed E-state index contributed by atoms with van der Waals surface area (Å²) in [4.78, 5) is 12.3. The van der Waals surface area contributed by atoms with Crippen LogP contribution in [0.1, 0.15) is 48.0 Å². The standard InChI is InChI=1S/C22H40O7Si/c1-10-25-18(23)12-15-11-17(26-14-24-7)20-19(28-22(5,6)29-20)16(15)13-27-30(8,9)21(2,3)4/h12,16-17,19-20H,10-11,13-14H2,1-9H3/b15-12-/t16-,17+,19+,20+/m0/s1. The van der Waals surface area contributed by atoms with Crippen molar-refractivity contribution in [1.82, 2.24) is 0 Å². The molecule has 0 aromatic rings. The molecule has 0 aromatic heterocycles. The van der Waals surface area contributed by atoms with Crippen LogP contribution in [-0.4, -0.2) is 65.5 Å². The largest absolute Gasteiger partial charge is 0.463 e. The first-order chi connectivity index (χ1) is 13.8. The third kappa shape index (κ3) is 6.14. The summed E-state index contributed by atoms with van der Waals surface area (Å²) in [6.07, 6.45) is 1.30. The van der Waals surface area contributed by atoms with Crippen LogP contribution in [0, 0.1) is 5.92 Å². The molecule has 30 heavy (non-hydrogen) atoms. The van der Waals surface area contributed by atoms with Crippen LogP contribution in [0.25, 0.3) is 0 Å². The second kappa shape index (κ2) is 9.79. The maximum atomic E-state index is 12.3. The Morgan fingerprint density at radius 3 is 2.43 bits per heavy atom. The monoisotopic (exact) mass is 444 g/mol. The van der Waals surface area contributed by atoms with Crippen molar-refractivity contribution in [3.63, 3.8) is 0 Å². The number of rotatable bonds is 8. The SMILES string of the molecule is CCOC(=O)/C=C1/C[C@@H](OCOC)[C@H]2OC(C)(C)O[C@@H]2[C@H]1CO[Si](C)(C)C(C)(C)C. The topological polar surface area (TPSA) is 72.5 Å². The fraction of sp³-hybridized carbons (Fsp3) is 0.864. The van der Waals surface area contributed by atoms with Gasteiger partial charge in [-0.1, -0.05) is 26.3 Å². The molecule has 7 nitrogen and oxygen atoms in total. The second-order valence-corrected chi connectivity index (χ2v) is 14.8. The van der Waals surface area contributed by atoms with Crippen LogP contribution in [0.5, 0.6) is 0 Å². The van der Waals surface area contributed by atoms with Crippen LogP contribution in [-0.2, 0) is 32.9 Å². The molecule has 0 aromatic carbocycles. The highest BCUT2D eigenvalue weighted by atomic mass is 28.4. The molecule has 2 fully saturated rings. The molecule has 174 valence electrons. The molecule has 1 aliphatic heterocycles. The Hall–Kier alpha value is -0.773. The summed E-state index contributed by atoms with van der Waals surface area (Å²) >= 11 is 0. The zero-order valence-corrected chi connectivity index (χ0v) is 21.1. The molecule has 1 aliphatic carbocycles. The summed E-state index contributed by atoms with van der Waals surface area (Å²) in [5.41, 5.74) is 0.913. The number of fused-ring (bicyclic) bond motifs is 1. The molecule has 0 N–H and O–H groups in total. The third-order valence-corrected chi connectivity index (χ3v) is 10.8. The van der Waals surface area contributed by atoms with E-state index < -0.39 is 14.1 Å². The van der Waals surface area contributed by atoms with Crippen LogP contribution < -0.4 is 0 Å². The van der Waals surface area contributed by atoms with Crippen molar-refractivity contribution >= 4 is 14.3 Å². The first-order valence-corrected chi connectivity index (χ1v) is 13.7. The molecule has 8 heteroatoms. The second-order valence-electron chi connectivity index (χ2n) is 10.0. The first kappa shape index (κ1) is 25.5. The Kier molecular flexibility index (Phi) is 8.32. The minimum atomic E-state index is -1.98. The van der Waals surface area contributed by atoms with Gasteiger partial charge in [0.2, 0.25) is 0 Å². The van der Waals surface area contributed by atoms with Gasteiger partial charge in [0.05, 0.1) is 18.8 Å². The first-order valence-electron chi connectivity index (χ1n) is 10.8. The summed E-state index contributed by atoms with van der Waals surface area (Å²) in [6.45, 7) is 17.6. The highest BCUT2D eigenvalue weighted by Gasteiger charge is 2.53. The van der Waals surface area contributed by atoms with E-state index in [1.54, 1.807) is 20.1 Å². The van der Waals surface area contributed by atoms with E-state index >= 15 is 0 Å². The molecular weight excluding hydrogens is 404 g/mol. The molecule has 0 amide bonds. The Morgan fingerprint density at radius 2 is 1.87 bits per heavy atom. The maximum Gasteiger partial charge on any atom is 0.330 e. The molecule has 0 radical (unpaired) electrons. The van der Waals surface area contributed by atoms with Crippen LogP contribution in [0.3, 0.4) is 0 Å². The molecule has 2 aliphatic rings. The van der Waals surface area contributed by atoms with E-state index in [1.165, 1.54) is 0 Å². The van der Waals surface area contributed by atoms with Crippen molar-refractivity contribution in [2.75, 3.05) is 27.1 Å². The van der Waals surface area contributed by atoms with E-state index in [9.17, 15) is 4.79 Å². The lowest BCUT2D eigenvalue weighted by molar-refractivity contribution is -0.168. The Morgan fingerprint density at radius 1 is 1.23 bits per heavy atom. The normalized spacial score (nSPS) is 30.4. The van der Waals surface area contributed by atoms with Gasteiger partial charge in [-0.2, -0.15) is 0 Å². The summed E-state index contributed by atoms with van der Waals surface area (Å²) in [6, 6.07) is 0. The molecule has 2 rings (SSSR count). The van der Waals surface area contributed by atoms with Crippen LogP contribution in [0.2, 0.25) is 18.1 Å². The number of carbonyl (C=O) groups excluding carboxylic acids is 1. The van der Waals surface area contributed by atoms with E-state index in [1.807, 2.05) is 13.8 Å². The zero-order valence-electron chi connectivity index (χ0n) is 20.1. The number of carbonyl (C=O) groups is 1. The van der Waals surface area contributed by atoms with Gasteiger partial charge in [-0.05, 0) is 45.3 Å². The number of ether oxygens (including phenoxy) is 5. The van der Waals surface area contributed by atoms with Gasteiger partial charge in [0.15, 0.2) is 14.1 Å². The Labute approximate surface area is 182 Å². The predicted molar refractivity (Wildman–Crippen MR) is 117 cm³/mol. The van der Waals surface area contributed by atoms with Crippen molar-refractivity contribution in [3.05, 3.63) is 11.6 Å². The van der Waals surface area contributed by atoms with Gasteiger partial charge in [0.1, 0.15) is 12.9 Å². The fourth-order valence-electron chi connectivity index (χ4n) is 3.65. The minimum Gasteiger partial charge on any atom is -0.463 e. The van der Waals surface area contributed by atoms with Gasteiger partial charge in [0.25, 0.3) is 0 Å². The Balaban J connectivity index is 2.34. The number of methoxy groups -OCH3 is 1. The zero-order chi connectivity index (χ0) is 22.7. The van der Waals surface area contributed by atoms with E-state index in [4.69, 9.17) is 28.1 Å². The lowest BCUT2D eigenvalue weighted by atomic mass is 9.78. The van der Waals surface area contributed by atoms with E-state index in [-0.39, 0.29) is 42.0 Å². The summed E-state index contributed by atoms with van der Waals surface area (Å²) in [7, 11) is -0.397. The van der Waals surface area contributed by atoms with Crippen molar-refractivity contribution in [2.45, 2.75) is 90.2 Å².